The zero-order valence-electron chi connectivity index (χ0n) is 13.9. The second kappa shape index (κ2) is 8.20. The third-order valence-corrected chi connectivity index (χ3v) is 4.71. The molecule has 1 saturated carbocycles. The lowest BCUT2D eigenvalue weighted by Gasteiger charge is -2.46. The van der Waals surface area contributed by atoms with Crippen LogP contribution in [0.15, 0.2) is 0 Å². The summed E-state index contributed by atoms with van der Waals surface area (Å²) in [4.78, 5) is 11.4. The van der Waals surface area contributed by atoms with Crippen molar-refractivity contribution in [3.8, 4) is 0 Å². The van der Waals surface area contributed by atoms with Crippen molar-refractivity contribution in [1.29, 1.82) is 0 Å². The lowest BCUT2D eigenvalue weighted by Crippen LogP contribution is -2.68. The lowest BCUT2D eigenvalue weighted by molar-refractivity contribution is -0.288. The smallest absolute Gasteiger partial charge is 0.217 e. The summed E-state index contributed by atoms with van der Waals surface area (Å²) >= 11 is 0. The van der Waals surface area contributed by atoms with Crippen molar-refractivity contribution < 1.29 is 34.7 Å². The number of rotatable bonds is 4. The van der Waals surface area contributed by atoms with Crippen molar-refractivity contribution in [1.82, 2.24) is 5.32 Å². The minimum atomic E-state index is -1.41. The lowest BCUT2D eigenvalue weighted by atomic mass is 9.84. The summed E-state index contributed by atoms with van der Waals surface area (Å²) in [5.74, 6) is -0.362. The van der Waals surface area contributed by atoms with Crippen molar-refractivity contribution in [2.75, 3.05) is 6.54 Å². The van der Waals surface area contributed by atoms with Gasteiger partial charge in [0.1, 0.15) is 30.5 Å². The molecule has 2 rings (SSSR count). The first-order valence-electron chi connectivity index (χ1n) is 8.18. The standard InChI is InChI=1S/C14H28N4O7/c1-4(19)18-6-2-5(16)9(20)12(23)13(6)25-14-8(17)11(22)10(21)7(3-15)24-14/h5-14,20-23H,2-3,15-17H2,1H3,(H,18,19)/t5-,6+,7-,8-,9+,10-,11-,12-,13-,14-/m1/s1. The van der Waals surface area contributed by atoms with Crippen molar-refractivity contribution in [3.63, 3.8) is 0 Å². The van der Waals surface area contributed by atoms with Gasteiger partial charge in [0.25, 0.3) is 0 Å². The number of aliphatic hydroxyl groups is 4. The SMILES string of the molecule is CC(=O)N[C@H]1C[C@@H](N)[C@H](O)[C@@H](O)[C@@H]1O[C@H]1O[C@H](CN)[C@@H](O)[C@H](O)[C@H]1N. The molecule has 146 valence electrons. The van der Waals surface area contributed by atoms with E-state index in [1.54, 1.807) is 0 Å². The summed E-state index contributed by atoms with van der Waals surface area (Å²) in [7, 11) is 0. The Hall–Kier alpha value is -0.890. The van der Waals surface area contributed by atoms with Crippen LogP contribution in [0.25, 0.3) is 0 Å². The topological polar surface area (TPSA) is 207 Å². The fourth-order valence-electron chi connectivity index (χ4n) is 3.25. The molecular weight excluding hydrogens is 336 g/mol. The van der Waals surface area contributed by atoms with Gasteiger partial charge < -0.3 is 52.4 Å². The number of carbonyl (C=O) groups excluding carboxylic acids is 1. The van der Waals surface area contributed by atoms with Gasteiger partial charge in [-0.3, -0.25) is 4.79 Å². The molecule has 1 heterocycles. The molecule has 1 saturated heterocycles. The number of ether oxygens (including phenoxy) is 2. The van der Waals surface area contributed by atoms with E-state index < -0.39 is 61.0 Å². The van der Waals surface area contributed by atoms with Gasteiger partial charge in [-0.2, -0.15) is 0 Å². The van der Waals surface area contributed by atoms with Crippen molar-refractivity contribution in [3.05, 3.63) is 0 Å². The average molecular weight is 364 g/mol. The number of hydrogen-bond donors (Lipinski definition) is 8. The van der Waals surface area contributed by atoms with Gasteiger partial charge in [-0.05, 0) is 6.42 Å². The maximum atomic E-state index is 11.4. The fourth-order valence-corrected chi connectivity index (χ4v) is 3.25. The summed E-state index contributed by atoms with van der Waals surface area (Å²) in [6, 6.07) is -2.56. The molecule has 1 amide bonds. The monoisotopic (exact) mass is 364 g/mol. The van der Waals surface area contributed by atoms with E-state index in [0.29, 0.717) is 0 Å². The molecule has 2 aliphatic rings. The van der Waals surface area contributed by atoms with E-state index in [0.717, 1.165) is 0 Å². The second-order valence-electron chi connectivity index (χ2n) is 6.63. The Labute approximate surface area is 145 Å². The zero-order valence-corrected chi connectivity index (χ0v) is 13.9. The molecule has 0 radical (unpaired) electrons. The number of carbonyl (C=O) groups is 1. The number of nitrogens with one attached hydrogen (secondary N) is 1. The van der Waals surface area contributed by atoms with Gasteiger partial charge in [-0.25, -0.2) is 0 Å². The Bertz CT molecular complexity index is 468. The van der Waals surface area contributed by atoms with E-state index >= 15 is 0 Å². The number of hydrogen-bond acceptors (Lipinski definition) is 10. The molecule has 11 nitrogen and oxygen atoms in total. The van der Waals surface area contributed by atoms with Crippen LogP contribution in [-0.4, -0.2) is 93.9 Å². The first-order valence-corrected chi connectivity index (χ1v) is 8.18. The van der Waals surface area contributed by atoms with Gasteiger partial charge >= 0.3 is 0 Å². The first-order chi connectivity index (χ1) is 11.7. The van der Waals surface area contributed by atoms with Gasteiger partial charge in [-0.1, -0.05) is 0 Å². The van der Waals surface area contributed by atoms with E-state index in [4.69, 9.17) is 26.7 Å². The summed E-state index contributed by atoms with van der Waals surface area (Å²) in [6.07, 6.45) is -8.32. The Balaban J connectivity index is 2.17. The molecule has 25 heavy (non-hydrogen) atoms. The van der Waals surface area contributed by atoms with Crippen LogP contribution in [0.1, 0.15) is 13.3 Å². The number of nitrogens with two attached hydrogens (primary N) is 3. The highest BCUT2D eigenvalue weighted by Gasteiger charge is 2.48. The third kappa shape index (κ3) is 4.27. The summed E-state index contributed by atoms with van der Waals surface area (Å²) in [6.45, 7) is 1.22. The molecule has 0 unspecified atom stereocenters. The van der Waals surface area contributed by atoms with Crippen LogP contribution in [0.5, 0.6) is 0 Å². The molecule has 2 fully saturated rings. The largest absolute Gasteiger partial charge is 0.389 e. The van der Waals surface area contributed by atoms with E-state index in [2.05, 4.69) is 5.32 Å². The van der Waals surface area contributed by atoms with E-state index in [1.165, 1.54) is 6.92 Å². The predicted molar refractivity (Wildman–Crippen MR) is 84.8 cm³/mol. The minimum Gasteiger partial charge on any atom is -0.389 e. The van der Waals surface area contributed by atoms with Crippen LogP contribution in [0, 0.1) is 0 Å². The number of aliphatic hydroxyl groups excluding tert-OH is 4. The highest BCUT2D eigenvalue weighted by Crippen LogP contribution is 2.27. The Morgan fingerprint density at radius 2 is 1.80 bits per heavy atom. The van der Waals surface area contributed by atoms with Crippen LogP contribution in [0.4, 0.5) is 0 Å². The molecule has 11 heteroatoms. The molecule has 1 aliphatic heterocycles. The quantitative estimate of drug-likeness (QED) is 0.238. The van der Waals surface area contributed by atoms with Crippen molar-refractivity contribution >= 4 is 5.91 Å². The zero-order chi connectivity index (χ0) is 18.9. The second-order valence-corrected chi connectivity index (χ2v) is 6.63. The van der Waals surface area contributed by atoms with Gasteiger partial charge in [-0.15, -0.1) is 0 Å². The molecular formula is C14H28N4O7. The summed E-state index contributed by atoms with van der Waals surface area (Å²) < 4.78 is 11.2. The maximum Gasteiger partial charge on any atom is 0.217 e. The van der Waals surface area contributed by atoms with Gasteiger partial charge in [0.15, 0.2) is 6.29 Å². The Morgan fingerprint density at radius 1 is 1.16 bits per heavy atom. The summed E-state index contributed by atoms with van der Waals surface area (Å²) in [5.41, 5.74) is 17.1. The molecule has 0 aromatic heterocycles. The van der Waals surface area contributed by atoms with Gasteiger partial charge in [0, 0.05) is 19.5 Å². The Kier molecular flexibility index (Phi) is 6.70. The van der Waals surface area contributed by atoms with Gasteiger partial charge in [0.2, 0.25) is 5.91 Å². The van der Waals surface area contributed by atoms with Crippen LogP contribution >= 0.6 is 0 Å². The van der Waals surface area contributed by atoms with Crippen molar-refractivity contribution in [2.24, 2.45) is 17.2 Å². The highest BCUT2D eigenvalue weighted by atomic mass is 16.7. The molecule has 11 N–H and O–H groups in total. The molecule has 0 aromatic rings. The van der Waals surface area contributed by atoms with E-state index in [1.807, 2.05) is 0 Å². The fraction of sp³-hybridized carbons (Fsp3) is 0.929. The third-order valence-electron chi connectivity index (χ3n) is 4.71. The highest BCUT2D eigenvalue weighted by molar-refractivity contribution is 5.73. The minimum absolute atomic E-state index is 0.0827. The maximum absolute atomic E-state index is 11.4. The van der Waals surface area contributed by atoms with Crippen LogP contribution in [0.2, 0.25) is 0 Å². The summed E-state index contributed by atoms with van der Waals surface area (Å²) in [5, 5.41) is 42.8. The molecule has 0 spiro atoms. The van der Waals surface area contributed by atoms with Crippen LogP contribution < -0.4 is 22.5 Å². The first kappa shape index (κ1) is 20.4. The predicted octanol–water partition coefficient (Wildman–Crippen LogP) is -4.94. The molecule has 0 bridgehead atoms. The van der Waals surface area contributed by atoms with Crippen molar-refractivity contribution in [2.45, 2.75) is 74.4 Å². The molecule has 0 aromatic carbocycles. The Morgan fingerprint density at radius 3 is 2.36 bits per heavy atom. The number of amides is 1. The average Bonchev–Trinajstić information content (AvgIpc) is 2.55. The van der Waals surface area contributed by atoms with Crippen LogP contribution in [-0.2, 0) is 14.3 Å². The molecule has 10 atom stereocenters. The normalized spacial score (nSPS) is 48.2. The molecule has 1 aliphatic carbocycles. The van der Waals surface area contributed by atoms with Gasteiger partial charge in [0.05, 0.1) is 18.2 Å². The van der Waals surface area contributed by atoms with E-state index in [-0.39, 0.29) is 18.9 Å². The van der Waals surface area contributed by atoms with E-state index in [9.17, 15) is 25.2 Å². The van der Waals surface area contributed by atoms with Crippen LogP contribution in [0.3, 0.4) is 0 Å².